The van der Waals surface area contributed by atoms with E-state index in [4.69, 9.17) is 0 Å². The molecule has 4 rings (SSSR count). The number of anilines is 1. The van der Waals surface area contributed by atoms with Crippen molar-refractivity contribution < 1.29 is 4.79 Å². The highest BCUT2D eigenvalue weighted by Gasteiger charge is 2.38. The van der Waals surface area contributed by atoms with E-state index in [0.29, 0.717) is 18.5 Å². The van der Waals surface area contributed by atoms with Crippen molar-refractivity contribution in [2.24, 2.45) is 5.41 Å². The molecule has 0 atom stereocenters. The van der Waals surface area contributed by atoms with Crippen LogP contribution in [-0.2, 0) is 11.3 Å². The quantitative estimate of drug-likeness (QED) is 0.778. The van der Waals surface area contributed by atoms with Crippen molar-refractivity contribution in [3.63, 3.8) is 0 Å². The van der Waals surface area contributed by atoms with Gasteiger partial charge in [0.2, 0.25) is 5.91 Å². The van der Waals surface area contributed by atoms with E-state index in [-0.39, 0.29) is 30.7 Å². The van der Waals surface area contributed by atoms with Crippen LogP contribution in [0, 0.1) is 5.41 Å². The number of piperidine rings is 1. The fourth-order valence-corrected chi connectivity index (χ4v) is 4.31. The second-order valence-electron chi connectivity index (χ2n) is 7.86. The molecule has 2 aromatic rings. The summed E-state index contributed by atoms with van der Waals surface area (Å²) in [4.78, 5) is 21.5. The highest BCUT2D eigenvalue weighted by Crippen LogP contribution is 2.37. The first-order chi connectivity index (χ1) is 13.2. The lowest BCUT2D eigenvalue weighted by atomic mass is 9.78. The lowest BCUT2D eigenvalue weighted by molar-refractivity contribution is -0.131. The molecule has 2 aliphatic heterocycles. The zero-order chi connectivity index (χ0) is 18.5. The van der Waals surface area contributed by atoms with E-state index < -0.39 is 0 Å². The van der Waals surface area contributed by atoms with Gasteiger partial charge in [-0.05, 0) is 55.0 Å². The van der Waals surface area contributed by atoms with Crippen molar-refractivity contribution in [1.29, 1.82) is 0 Å². The van der Waals surface area contributed by atoms with Crippen molar-refractivity contribution >= 4 is 36.4 Å². The van der Waals surface area contributed by atoms with Gasteiger partial charge in [0.05, 0.1) is 6.54 Å². The zero-order valence-corrected chi connectivity index (χ0v) is 18.3. The highest BCUT2D eigenvalue weighted by atomic mass is 35.5. The molecule has 0 unspecified atom stereocenters. The van der Waals surface area contributed by atoms with E-state index in [9.17, 15) is 4.79 Å². The van der Waals surface area contributed by atoms with Crippen molar-refractivity contribution in [1.82, 2.24) is 15.2 Å². The summed E-state index contributed by atoms with van der Waals surface area (Å²) in [5.74, 6) is 0.226. The number of hydrogen-bond acceptors (Lipinski definition) is 4. The van der Waals surface area contributed by atoms with Gasteiger partial charge in [-0.2, -0.15) is 0 Å². The van der Waals surface area contributed by atoms with Crippen LogP contribution in [-0.4, -0.2) is 48.5 Å². The van der Waals surface area contributed by atoms with Crippen LogP contribution in [0.5, 0.6) is 0 Å². The first-order valence-electron chi connectivity index (χ1n) is 9.92. The first-order valence-corrected chi connectivity index (χ1v) is 9.92. The summed E-state index contributed by atoms with van der Waals surface area (Å²) in [5.41, 5.74) is 2.62. The number of aromatic nitrogens is 1. The second kappa shape index (κ2) is 10.8. The third-order valence-electron chi connectivity index (χ3n) is 6.05. The van der Waals surface area contributed by atoms with Crippen molar-refractivity contribution in [2.45, 2.75) is 25.8 Å². The molecule has 1 N–H and O–H groups in total. The number of amides is 1. The Morgan fingerprint density at radius 1 is 1.07 bits per heavy atom. The Balaban J connectivity index is 0.00000150. The zero-order valence-electron chi connectivity index (χ0n) is 16.6. The molecule has 29 heavy (non-hydrogen) atoms. The molecule has 0 aliphatic carbocycles. The van der Waals surface area contributed by atoms with Crippen LogP contribution in [0.3, 0.4) is 0 Å². The van der Waals surface area contributed by atoms with Crippen LogP contribution in [0.2, 0.25) is 0 Å². The van der Waals surface area contributed by atoms with Crippen molar-refractivity contribution in [3.8, 4) is 0 Å². The molecular weight excluding hydrogens is 407 g/mol. The largest absolute Gasteiger partial charge is 0.358 e. The minimum Gasteiger partial charge on any atom is -0.358 e. The number of halogens is 2. The topological polar surface area (TPSA) is 48.5 Å². The van der Waals surface area contributed by atoms with Gasteiger partial charge in [-0.25, -0.2) is 0 Å². The Morgan fingerprint density at radius 2 is 1.83 bits per heavy atom. The minimum atomic E-state index is 0. The second-order valence-corrected chi connectivity index (χ2v) is 7.86. The maximum absolute atomic E-state index is 13.0. The predicted molar refractivity (Wildman–Crippen MR) is 122 cm³/mol. The van der Waals surface area contributed by atoms with Crippen LogP contribution >= 0.6 is 24.8 Å². The maximum atomic E-state index is 13.0. The van der Waals surface area contributed by atoms with Gasteiger partial charge in [-0.3, -0.25) is 9.78 Å². The van der Waals surface area contributed by atoms with E-state index in [1.807, 2.05) is 30.5 Å². The number of benzene rings is 1. The van der Waals surface area contributed by atoms with E-state index in [1.54, 1.807) is 6.20 Å². The van der Waals surface area contributed by atoms with Gasteiger partial charge in [-0.15, -0.1) is 24.8 Å². The number of nitrogens with zero attached hydrogens (tertiary/aromatic N) is 3. The fourth-order valence-electron chi connectivity index (χ4n) is 4.31. The standard InChI is InChI=1S/C22H28N4O.2ClH/c27-21(25-13-9-22(10-14-25)8-12-24-18-22)17-26(20-6-2-1-3-7-20)16-19-5-4-11-23-15-19;;/h1-7,11,15,24H,8-10,12-14,16-18H2;2*1H. The molecule has 1 amide bonds. The summed E-state index contributed by atoms with van der Waals surface area (Å²) in [6, 6.07) is 14.2. The SMILES string of the molecule is Cl.Cl.O=C(CN(Cc1cccnc1)c1ccccc1)N1CCC2(CCNC2)CC1. The molecule has 2 fully saturated rings. The number of nitrogens with one attached hydrogen (secondary N) is 1. The molecule has 2 aliphatic rings. The molecule has 1 spiro atoms. The van der Waals surface area contributed by atoms with Crippen molar-refractivity contribution in [3.05, 3.63) is 60.4 Å². The van der Waals surface area contributed by atoms with Crippen LogP contribution in [0.15, 0.2) is 54.9 Å². The van der Waals surface area contributed by atoms with Gasteiger partial charge in [0, 0.05) is 44.3 Å². The number of rotatable bonds is 5. The van der Waals surface area contributed by atoms with E-state index in [2.05, 4.69) is 38.3 Å². The lowest BCUT2D eigenvalue weighted by Gasteiger charge is -2.39. The van der Waals surface area contributed by atoms with Crippen LogP contribution < -0.4 is 10.2 Å². The molecule has 1 aromatic heterocycles. The summed E-state index contributed by atoms with van der Waals surface area (Å²) >= 11 is 0. The number of carbonyl (C=O) groups excluding carboxylic acids is 1. The maximum Gasteiger partial charge on any atom is 0.242 e. The van der Waals surface area contributed by atoms with Crippen molar-refractivity contribution in [2.75, 3.05) is 37.6 Å². The summed E-state index contributed by atoms with van der Waals surface area (Å²) in [7, 11) is 0. The average molecular weight is 437 g/mol. The summed E-state index contributed by atoms with van der Waals surface area (Å²) in [6.45, 7) is 5.11. The minimum absolute atomic E-state index is 0. The van der Waals surface area contributed by atoms with Crippen LogP contribution in [0.25, 0.3) is 0 Å². The van der Waals surface area contributed by atoms with Gasteiger partial charge < -0.3 is 15.1 Å². The smallest absolute Gasteiger partial charge is 0.242 e. The van der Waals surface area contributed by atoms with Gasteiger partial charge >= 0.3 is 0 Å². The van der Waals surface area contributed by atoms with Gasteiger partial charge in [0.1, 0.15) is 0 Å². The number of hydrogen-bond donors (Lipinski definition) is 1. The molecule has 3 heterocycles. The van der Waals surface area contributed by atoms with E-state index in [1.165, 1.54) is 6.42 Å². The molecule has 0 radical (unpaired) electrons. The Morgan fingerprint density at radius 3 is 2.45 bits per heavy atom. The van der Waals surface area contributed by atoms with Gasteiger partial charge in [-0.1, -0.05) is 24.3 Å². The Kier molecular flexibility index (Phi) is 8.75. The molecule has 158 valence electrons. The third kappa shape index (κ3) is 5.84. The molecule has 0 saturated carbocycles. The molecule has 1 aromatic carbocycles. The van der Waals surface area contributed by atoms with E-state index >= 15 is 0 Å². The van der Waals surface area contributed by atoms with E-state index in [0.717, 1.165) is 50.3 Å². The number of carbonyl (C=O) groups is 1. The Bertz CT molecular complexity index is 744. The lowest BCUT2D eigenvalue weighted by Crippen LogP contribution is -2.47. The van der Waals surface area contributed by atoms with Gasteiger partial charge in [0.25, 0.3) is 0 Å². The fraction of sp³-hybridized carbons (Fsp3) is 0.455. The summed E-state index contributed by atoms with van der Waals surface area (Å²) in [5, 5.41) is 3.49. The highest BCUT2D eigenvalue weighted by molar-refractivity contribution is 5.85. The number of para-hydroxylation sites is 1. The normalized spacial score (nSPS) is 17.3. The first kappa shape index (κ1) is 23.5. The van der Waals surface area contributed by atoms with Crippen LogP contribution in [0.1, 0.15) is 24.8 Å². The Hall–Kier alpha value is -1.82. The summed E-state index contributed by atoms with van der Waals surface area (Å²) < 4.78 is 0. The molecule has 0 bridgehead atoms. The van der Waals surface area contributed by atoms with Crippen LogP contribution in [0.4, 0.5) is 5.69 Å². The molecule has 7 heteroatoms. The monoisotopic (exact) mass is 436 g/mol. The molecule has 5 nitrogen and oxygen atoms in total. The number of pyridine rings is 1. The summed E-state index contributed by atoms with van der Waals surface area (Å²) in [6.07, 6.45) is 7.16. The van der Waals surface area contributed by atoms with Gasteiger partial charge in [0.15, 0.2) is 0 Å². The Labute approximate surface area is 185 Å². The number of likely N-dealkylation sites (tertiary alicyclic amines) is 1. The average Bonchev–Trinajstić information content (AvgIpc) is 3.17. The molecular formula is C22H30Cl2N4O. The third-order valence-corrected chi connectivity index (χ3v) is 6.05. The molecule has 2 saturated heterocycles. The predicted octanol–water partition coefficient (Wildman–Crippen LogP) is 3.53.